The Bertz CT molecular complexity index is 58.3. The Hall–Kier alpha value is -1.13. The van der Waals surface area contributed by atoms with Crippen LogP contribution in [0.2, 0.25) is 0 Å². The first kappa shape index (κ1) is 15.8. The fraction of sp³-hybridized carbons (Fsp3) is 0.333. The van der Waals surface area contributed by atoms with Gasteiger partial charge in [0.1, 0.15) is 0 Å². The first-order chi connectivity index (χ1) is 3.15. The standard InChI is InChI=1S/C2H4O2.CH2O2.FH/c1-2(3)4;2-1-3;/h1H3,(H,3,4);1H,(H,2,3);1H. The first-order valence-corrected chi connectivity index (χ1v) is 1.42. The van der Waals surface area contributed by atoms with Crippen LogP contribution >= 0.6 is 0 Å². The summed E-state index contributed by atoms with van der Waals surface area (Å²) >= 11 is 0. The second-order valence-corrected chi connectivity index (χ2v) is 0.624. The van der Waals surface area contributed by atoms with Gasteiger partial charge in [-0.3, -0.25) is 14.3 Å². The summed E-state index contributed by atoms with van der Waals surface area (Å²) in [5, 5.41) is 14.3. The third kappa shape index (κ3) is 57.1. The zero-order valence-corrected chi connectivity index (χ0v) is 4.20. The van der Waals surface area contributed by atoms with E-state index in [1.807, 2.05) is 0 Å². The van der Waals surface area contributed by atoms with E-state index >= 15 is 0 Å². The van der Waals surface area contributed by atoms with Gasteiger partial charge in [0.25, 0.3) is 12.4 Å². The summed E-state index contributed by atoms with van der Waals surface area (Å²) in [6.07, 6.45) is 0. The van der Waals surface area contributed by atoms with E-state index in [1.54, 1.807) is 0 Å². The molecular formula is C3H7FO4. The van der Waals surface area contributed by atoms with Gasteiger partial charge in [-0.05, 0) is 0 Å². The molecule has 0 amide bonds. The van der Waals surface area contributed by atoms with Crippen LogP contribution < -0.4 is 0 Å². The highest BCUT2D eigenvalue weighted by atomic mass is 19.0. The van der Waals surface area contributed by atoms with Crippen LogP contribution in [0.1, 0.15) is 6.92 Å². The van der Waals surface area contributed by atoms with E-state index in [4.69, 9.17) is 19.8 Å². The normalized spacial score (nSPS) is 4.62. The van der Waals surface area contributed by atoms with Crippen molar-refractivity contribution < 1.29 is 24.5 Å². The fourth-order valence-electron chi connectivity index (χ4n) is 0. The van der Waals surface area contributed by atoms with Crippen LogP contribution in [0.25, 0.3) is 0 Å². The maximum atomic E-state index is 9.00. The quantitative estimate of drug-likeness (QED) is 0.446. The second-order valence-electron chi connectivity index (χ2n) is 0.624. The third-order valence-corrected chi connectivity index (χ3v) is 0. The topological polar surface area (TPSA) is 74.6 Å². The van der Waals surface area contributed by atoms with Crippen LogP contribution in [0, 0.1) is 0 Å². The number of rotatable bonds is 0. The molecule has 0 heterocycles. The minimum atomic E-state index is -0.833. The van der Waals surface area contributed by atoms with Gasteiger partial charge in [0, 0.05) is 6.92 Å². The van der Waals surface area contributed by atoms with E-state index in [1.165, 1.54) is 0 Å². The highest BCUT2D eigenvalue weighted by molar-refractivity contribution is 5.62. The lowest BCUT2D eigenvalue weighted by atomic mass is 10.9. The van der Waals surface area contributed by atoms with Crippen LogP contribution in [0.4, 0.5) is 4.70 Å². The van der Waals surface area contributed by atoms with Crippen molar-refractivity contribution in [1.82, 2.24) is 0 Å². The van der Waals surface area contributed by atoms with Gasteiger partial charge in [0.15, 0.2) is 0 Å². The lowest BCUT2D eigenvalue weighted by Gasteiger charge is -1.59. The van der Waals surface area contributed by atoms with Gasteiger partial charge in [-0.15, -0.1) is 0 Å². The lowest BCUT2D eigenvalue weighted by Crippen LogP contribution is -1.78. The molecule has 0 aliphatic rings. The van der Waals surface area contributed by atoms with E-state index in [2.05, 4.69) is 0 Å². The van der Waals surface area contributed by atoms with Crippen LogP contribution in [-0.2, 0) is 9.59 Å². The largest absolute Gasteiger partial charge is 0.483 e. The zero-order valence-electron chi connectivity index (χ0n) is 4.20. The molecule has 0 fully saturated rings. The van der Waals surface area contributed by atoms with Gasteiger partial charge in [0.2, 0.25) is 0 Å². The molecule has 0 saturated carbocycles. The molecule has 0 rings (SSSR count). The minimum Gasteiger partial charge on any atom is -0.483 e. The maximum Gasteiger partial charge on any atom is 0.300 e. The molecule has 0 aromatic heterocycles. The van der Waals surface area contributed by atoms with Crippen LogP contribution in [0.15, 0.2) is 0 Å². The number of hydrogen-bond donors (Lipinski definition) is 2. The molecule has 8 heavy (non-hydrogen) atoms. The number of carboxylic acid groups (broad SMARTS) is 2. The summed E-state index contributed by atoms with van der Waals surface area (Å²) in [6, 6.07) is 0. The summed E-state index contributed by atoms with van der Waals surface area (Å²) in [6.45, 7) is 0.833. The molecule has 0 spiro atoms. The van der Waals surface area contributed by atoms with Crippen molar-refractivity contribution in [3.8, 4) is 0 Å². The van der Waals surface area contributed by atoms with Gasteiger partial charge < -0.3 is 10.2 Å². The van der Waals surface area contributed by atoms with E-state index in [0.29, 0.717) is 0 Å². The van der Waals surface area contributed by atoms with Gasteiger partial charge in [-0.1, -0.05) is 0 Å². The molecule has 0 aromatic carbocycles. The molecule has 0 saturated heterocycles. The smallest absolute Gasteiger partial charge is 0.300 e. The number of hydrogen-bond acceptors (Lipinski definition) is 2. The van der Waals surface area contributed by atoms with Crippen LogP contribution in [0.3, 0.4) is 0 Å². The zero-order chi connectivity index (χ0) is 6.28. The Morgan fingerprint density at radius 3 is 1.62 bits per heavy atom. The van der Waals surface area contributed by atoms with Crippen LogP contribution in [-0.4, -0.2) is 22.7 Å². The first-order valence-electron chi connectivity index (χ1n) is 1.42. The van der Waals surface area contributed by atoms with Gasteiger partial charge in [0.05, 0.1) is 0 Å². The van der Waals surface area contributed by atoms with E-state index in [9.17, 15) is 0 Å². The van der Waals surface area contributed by atoms with Crippen molar-refractivity contribution in [3.63, 3.8) is 0 Å². The number of carboxylic acids is 1. The van der Waals surface area contributed by atoms with Crippen molar-refractivity contribution in [2.45, 2.75) is 6.92 Å². The Balaban J connectivity index is -0.0000000575. The molecule has 0 unspecified atom stereocenters. The number of carbonyl (C=O) groups is 2. The molecular weight excluding hydrogens is 119 g/mol. The molecule has 0 aliphatic carbocycles. The average Bonchev–Trinajstić information content (AvgIpc) is 1.33. The molecule has 4 nitrogen and oxygen atoms in total. The third-order valence-electron chi connectivity index (χ3n) is 0. The Labute approximate surface area is 45.1 Å². The van der Waals surface area contributed by atoms with E-state index in [0.717, 1.165) is 6.92 Å². The molecule has 0 aliphatic heterocycles. The molecule has 5 heteroatoms. The molecule has 2 N–H and O–H groups in total. The van der Waals surface area contributed by atoms with Gasteiger partial charge >= 0.3 is 0 Å². The molecule has 0 atom stereocenters. The minimum absolute atomic E-state index is 0. The monoisotopic (exact) mass is 126 g/mol. The predicted molar refractivity (Wildman–Crippen MR) is 24.5 cm³/mol. The van der Waals surface area contributed by atoms with E-state index in [-0.39, 0.29) is 11.2 Å². The maximum absolute atomic E-state index is 9.00. The highest BCUT2D eigenvalue weighted by Gasteiger charge is 1.65. The van der Waals surface area contributed by atoms with Crippen molar-refractivity contribution in [2.24, 2.45) is 0 Å². The molecule has 0 radical (unpaired) electrons. The van der Waals surface area contributed by atoms with Crippen molar-refractivity contribution in [2.75, 3.05) is 0 Å². The Kier molecular flexibility index (Phi) is 33.4. The lowest BCUT2D eigenvalue weighted by molar-refractivity contribution is -0.134. The average molecular weight is 126 g/mol. The SMILES string of the molecule is CC(=O)O.F.O=CO. The number of halogens is 1. The summed E-state index contributed by atoms with van der Waals surface area (Å²) in [4.78, 5) is 17.4. The Morgan fingerprint density at radius 2 is 1.62 bits per heavy atom. The van der Waals surface area contributed by atoms with Crippen molar-refractivity contribution in [3.05, 3.63) is 0 Å². The number of aliphatic carboxylic acids is 1. The van der Waals surface area contributed by atoms with Gasteiger partial charge in [-0.2, -0.15) is 0 Å². The van der Waals surface area contributed by atoms with Crippen LogP contribution in [0.5, 0.6) is 0 Å². The predicted octanol–water partition coefficient (Wildman–Crippen LogP) is -0.0558. The molecule has 0 bridgehead atoms. The fourth-order valence-corrected chi connectivity index (χ4v) is 0. The summed E-state index contributed by atoms with van der Waals surface area (Å²) in [7, 11) is 0. The second kappa shape index (κ2) is 16.9. The van der Waals surface area contributed by atoms with E-state index < -0.39 is 5.97 Å². The molecule has 0 aromatic rings. The van der Waals surface area contributed by atoms with Crippen molar-refractivity contribution in [1.29, 1.82) is 0 Å². The Morgan fingerprint density at radius 1 is 1.62 bits per heavy atom. The summed E-state index contributed by atoms with van der Waals surface area (Å²) in [5.74, 6) is -0.833. The summed E-state index contributed by atoms with van der Waals surface area (Å²) in [5.41, 5.74) is 0. The van der Waals surface area contributed by atoms with Crippen molar-refractivity contribution >= 4 is 12.4 Å². The van der Waals surface area contributed by atoms with Gasteiger partial charge in [-0.25, -0.2) is 0 Å². The highest BCUT2D eigenvalue weighted by Crippen LogP contribution is 1.42. The molecule has 50 valence electrons. The summed E-state index contributed by atoms with van der Waals surface area (Å²) < 4.78 is 0.